The molecule has 0 spiro atoms. The van der Waals surface area contributed by atoms with E-state index in [0.29, 0.717) is 17.9 Å². The Morgan fingerprint density at radius 2 is 2.11 bits per heavy atom. The zero-order chi connectivity index (χ0) is 13.2. The number of hydrogen-bond acceptors (Lipinski definition) is 4. The summed E-state index contributed by atoms with van der Waals surface area (Å²) in [6, 6.07) is 11.2. The monoisotopic (exact) mass is 254 g/mol. The average molecular weight is 254 g/mol. The number of aromatic nitrogens is 1. The fourth-order valence-corrected chi connectivity index (χ4v) is 2.08. The normalized spacial score (nSPS) is 12.7. The van der Waals surface area contributed by atoms with E-state index in [2.05, 4.69) is 4.98 Å². The number of hydrogen-bond donors (Lipinski definition) is 2. The predicted octanol–water partition coefficient (Wildman–Crippen LogP) is 2.69. The molecule has 3 N–H and O–H groups in total. The highest BCUT2D eigenvalue weighted by molar-refractivity contribution is 5.77. The van der Waals surface area contributed by atoms with Crippen molar-refractivity contribution in [2.24, 2.45) is 0 Å². The van der Waals surface area contributed by atoms with Gasteiger partial charge in [-0.15, -0.1) is 0 Å². The van der Waals surface area contributed by atoms with Crippen LogP contribution in [0.25, 0.3) is 11.0 Å². The second kappa shape index (κ2) is 4.74. The Hall–Kier alpha value is -2.33. The number of nitrogens with zero attached hydrogens (tertiary/aromatic N) is 1. The Morgan fingerprint density at radius 1 is 1.26 bits per heavy atom. The summed E-state index contributed by atoms with van der Waals surface area (Å²) in [6.07, 6.45) is 2.96. The molecule has 0 saturated carbocycles. The van der Waals surface area contributed by atoms with Crippen LogP contribution in [0.1, 0.15) is 17.4 Å². The Bertz CT molecular complexity index is 673. The number of aliphatic hydroxyl groups excluding tert-OH is 1. The van der Waals surface area contributed by atoms with Gasteiger partial charge in [-0.3, -0.25) is 4.98 Å². The van der Waals surface area contributed by atoms with Gasteiger partial charge in [-0.2, -0.15) is 0 Å². The minimum atomic E-state index is -0.723. The summed E-state index contributed by atoms with van der Waals surface area (Å²) in [5, 5.41) is 11.2. The van der Waals surface area contributed by atoms with Gasteiger partial charge in [-0.25, -0.2) is 0 Å². The molecule has 0 aliphatic rings. The van der Waals surface area contributed by atoms with Crippen LogP contribution in [-0.2, 0) is 6.42 Å². The Labute approximate surface area is 110 Å². The van der Waals surface area contributed by atoms with E-state index in [1.54, 1.807) is 18.5 Å². The molecule has 2 heterocycles. The lowest BCUT2D eigenvalue weighted by Crippen LogP contribution is -2.03. The van der Waals surface area contributed by atoms with Gasteiger partial charge in [0.05, 0.1) is 0 Å². The van der Waals surface area contributed by atoms with Crippen molar-refractivity contribution < 1.29 is 9.52 Å². The number of fused-ring (bicyclic) bond motifs is 1. The summed E-state index contributed by atoms with van der Waals surface area (Å²) >= 11 is 0. The molecule has 1 atom stereocenters. The van der Waals surface area contributed by atoms with Crippen LogP contribution >= 0.6 is 0 Å². The summed E-state index contributed by atoms with van der Waals surface area (Å²) < 4.78 is 5.63. The topological polar surface area (TPSA) is 72.3 Å². The second-order valence-corrected chi connectivity index (χ2v) is 4.48. The SMILES string of the molecule is Nc1ccncc1CC(O)c1cc2ccccc2o1. The third kappa shape index (κ3) is 2.30. The highest BCUT2D eigenvalue weighted by Crippen LogP contribution is 2.26. The first-order valence-electron chi connectivity index (χ1n) is 6.09. The average Bonchev–Trinajstić information content (AvgIpc) is 2.85. The van der Waals surface area contributed by atoms with Crippen LogP contribution in [0, 0.1) is 0 Å². The molecule has 1 unspecified atom stereocenters. The number of nitrogen functional groups attached to an aromatic ring is 1. The lowest BCUT2D eigenvalue weighted by atomic mass is 10.1. The molecule has 0 aliphatic heterocycles. The van der Waals surface area contributed by atoms with Crippen molar-refractivity contribution in [2.45, 2.75) is 12.5 Å². The minimum Gasteiger partial charge on any atom is -0.458 e. The second-order valence-electron chi connectivity index (χ2n) is 4.48. The van der Waals surface area contributed by atoms with Gasteiger partial charge in [-0.1, -0.05) is 18.2 Å². The lowest BCUT2D eigenvalue weighted by molar-refractivity contribution is 0.152. The Kier molecular flexibility index (Phi) is 2.93. The lowest BCUT2D eigenvalue weighted by Gasteiger charge is -2.09. The maximum Gasteiger partial charge on any atom is 0.134 e. The van der Waals surface area contributed by atoms with Gasteiger partial charge in [0.25, 0.3) is 0 Å². The van der Waals surface area contributed by atoms with E-state index in [4.69, 9.17) is 10.2 Å². The largest absolute Gasteiger partial charge is 0.458 e. The van der Waals surface area contributed by atoms with Crippen LogP contribution in [0.3, 0.4) is 0 Å². The third-order valence-electron chi connectivity index (χ3n) is 3.13. The highest BCUT2D eigenvalue weighted by atomic mass is 16.4. The van der Waals surface area contributed by atoms with E-state index >= 15 is 0 Å². The molecule has 0 radical (unpaired) electrons. The first-order chi connectivity index (χ1) is 9.24. The van der Waals surface area contributed by atoms with Gasteiger partial charge in [0.2, 0.25) is 0 Å². The van der Waals surface area contributed by atoms with Gasteiger partial charge >= 0.3 is 0 Å². The maximum absolute atomic E-state index is 10.2. The molecule has 3 aromatic rings. The summed E-state index contributed by atoms with van der Waals surface area (Å²) in [5.74, 6) is 0.546. The van der Waals surface area contributed by atoms with Gasteiger partial charge in [0.15, 0.2) is 0 Å². The molecule has 3 rings (SSSR count). The third-order valence-corrected chi connectivity index (χ3v) is 3.13. The highest BCUT2D eigenvalue weighted by Gasteiger charge is 2.15. The van der Waals surface area contributed by atoms with E-state index in [-0.39, 0.29) is 0 Å². The number of rotatable bonds is 3. The summed E-state index contributed by atoms with van der Waals surface area (Å²) in [5.41, 5.74) is 8.06. The molecule has 0 saturated heterocycles. The molecular weight excluding hydrogens is 240 g/mol. The first-order valence-corrected chi connectivity index (χ1v) is 6.09. The predicted molar refractivity (Wildman–Crippen MR) is 73.5 cm³/mol. The van der Waals surface area contributed by atoms with Crippen LogP contribution < -0.4 is 5.73 Å². The molecule has 0 aliphatic carbocycles. The summed E-state index contributed by atoms with van der Waals surface area (Å²) in [4.78, 5) is 4.01. The molecular formula is C15H14N2O2. The molecule has 4 heteroatoms. The molecule has 0 bridgehead atoms. The molecule has 96 valence electrons. The Balaban J connectivity index is 1.87. The standard InChI is InChI=1S/C15H14N2O2/c16-12-5-6-17-9-11(12)7-13(18)15-8-10-3-1-2-4-14(10)19-15/h1-6,8-9,13,18H,7H2,(H2,16,17). The molecule has 0 amide bonds. The fraction of sp³-hybridized carbons (Fsp3) is 0.133. The minimum absolute atomic E-state index is 0.388. The number of aliphatic hydroxyl groups is 1. The smallest absolute Gasteiger partial charge is 0.134 e. The quantitative estimate of drug-likeness (QED) is 0.753. The van der Waals surface area contributed by atoms with Crippen LogP contribution in [0.2, 0.25) is 0 Å². The van der Waals surface area contributed by atoms with Crippen molar-refractivity contribution >= 4 is 16.7 Å². The zero-order valence-corrected chi connectivity index (χ0v) is 10.3. The van der Waals surface area contributed by atoms with E-state index in [1.807, 2.05) is 30.3 Å². The number of pyridine rings is 1. The molecule has 19 heavy (non-hydrogen) atoms. The van der Waals surface area contributed by atoms with Gasteiger partial charge in [0, 0.05) is 29.9 Å². The van der Waals surface area contributed by atoms with Crippen molar-refractivity contribution in [2.75, 3.05) is 5.73 Å². The van der Waals surface area contributed by atoms with Crippen molar-refractivity contribution in [1.82, 2.24) is 4.98 Å². The van der Waals surface area contributed by atoms with E-state index < -0.39 is 6.10 Å². The number of para-hydroxylation sites is 1. The first kappa shape index (κ1) is 11.7. The van der Waals surface area contributed by atoms with Crippen molar-refractivity contribution in [3.05, 3.63) is 60.1 Å². The number of nitrogens with two attached hydrogens (primary N) is 1. The molecule has 2 aromatic heterocycles. The number of benzene rings is 1. The van der Waals surface area contributed by atoms with E-state index in [1.165, 1.54) is 0 Å². The van der Waals surface area contributed by atoms with Crippen molar-refractivity contribution in [3.8, 4) is 0 Å². The fourth-order valence-electron chi connectivity index (χ4n) is 2.08. The summed E-state index contributed by atoms with van der Waals surface area (Å²) in [6.45, 7) is 0. The molecule has 1 aromatic carbocycles. The number of anilines is 1. The van der Waals surface area contributed by atoms with Crippen LogP contribution in [-0.4, -0.2) is 10.1 Å². The zero-order valence-electron chi connectivity index (χ0n) is 10.3. The van der Waals surface area contributed by atoms with E-state index in [0.717, 1.165) is 16.5 Å². The van der Waals surface area contributed by atoms with Gasteiger partial charge in [0.1, 0.15) is 17.4 Å². The molecule has 4 nitrogen and oxygen atoms in total. The Morgan fingerprint density at radius 3 is 2.89 bits per heavy atom. The molecule has 0 fully saturated rings. The van der Waals surface area contributed by atoms with Crippen molar-refractivity contribution in [1.29, 1.82) is 0 Å². The number of furan rings is 1. The van der Waals surface area contributed by atoms with Crippen LogP contribution in [0.5, 0.6) is 0 Å². The maximum atomic E-state index is 10.2. The summed E-state index contributed by atoms with van der Waals surface area (Å²) in [7, 11) is 0. The van der Waals surface area contributed by atoms with Gasteiger partial charge < -0.3 is 15.3 Å². The van der Waals surface area contributed by atoms with Crippen molar-refractivity contribution in [3.63, 3.8) is 0 Å². The van der Waals surface area contributed by atoms with Gasteiger partial charge in [-0.05, 0) is 23.8 Å². The van der Waals surface area contributed by atoms with Crippen LogP contribution in [0.15, 0.2) is 53.2 Å². The van der Waals surface area contributed by atoms with E-state index in [9.17, 15) is 5.11 Å². The van der Waals surface area contributed by atoms with Crippen LogP contribution in [0.4, 0.5) is 5.69 Å².